The van der Waals surface area contributed by atoms with Crippen molar-refractivity contribution >= 4 is 0 Å². The van der Waals surface area contributed by atoms with Gasteiger partial charge in [0.15, 0.2) is 0 Å². The van der Waals surface area contributed by atoms with Crippen molar-refractivity contribution < 1.29 is 27.4 Å². The predicted molar refractivity (Wildman–Crippen MR) is 114 cm³/mol. The molecule has 0 radical (unpaired) electrons. The molecule has 174 valence electrons. The number of halogens is 4. The van der Waals surface area contributed by atoms with E-state index in [1.54, 1.807) is 43.3 Å². The quantitative estimate of drug-likeness (QED) is 0.625. The number of aromatic hydroxyl groups is 1. The van der Waals surface area contributed by atoms with Crippen molar-refractivity contribution in [2.24, 2.45) is 5.92 Å². The zero-order valence-corrected chi connectivity index (χ0v) is 18.0. The van der Waals surface area contributed by atoms with Gasteiger partial charge in [0.25, 0.3) is 0 Å². The number of alkyl halides is 4. The van der Waals surface area contributed by atoms with E-state index in [9.17, 15) is 22.7 Å². The number of phenols is 1. The fraction of sp³-hybridized carbons (Fsp3) is 0.500. The van der Waals surface area contributed by atoms with E-state index in [1.807, 2.05) is 0 Å². The van der Waals surface area contributed by atoms with Crippen LogP contribution in [0.2, 0.25) is 0 Å². The Bertz CT molecular complexity index is 913. The topological polar surface area (TPSA) is 35.9 Å². The zero-order valence-electron chi connectivity index (χ0n) is 18.0. The number of phenolic OH excluding ortho intramolecular Hbond substituents is 1. The minimum atomic E-state index is -4.32. The van der Waals surface area contributed by atoms with Gasteiger partial charge in [0, 0.05) is 31.6 Å². The Labute approximate surface area is 185 Å². The van der Waals surface area contributed by atoms with Gasteiger partial charge in [0.2, 0.25) is 0 Å². The Morgan fingerprint density at radius 2 is 1.81 bits per heavy atom. The lowest BCUT2D eigenvalue weighted by molar-refractivity contribution is -0.155. The molecule has 0 unspecified atom stereocenters. The first-order valence-electron chi connectivity index (χ1n) is 10.9. The van der Waals surface area contributed by atoms with Crippen LogP contribution < -0.4 is 4.74 Å². The normalized spacial score (nSPS) is 22.4. The number of hydrogen-bond donors (Lipinski definition) is 1. The molecule has 1 N–H and O–H groups in total. The van der Waals surface area contributed by atoms with E-state index < -0.39 is 18.8 Å². The van der Waals surface area contributed by atoms with Gasteiger partial charge in [0.1, 0.15) is 18.1 Å². The van der Waals surface area contributed by atoms with Crippen LogP contribution in [0.25, 0.3) is 0 Å². The molecular weight excluding hydrogens is 424 g/mol. The van der Waals surface area contributed by atoms with E-state index in [2.05, 4.69) is 4.90 Å². The number of nitrogens with zero attached hydrogens (tertiary/aromatic N) is 2. The molecule has 2 aromatic rings. The lowest BCUT2D eigenvalue weighted by Gasteiger charge is -2.42. The molecule has 0 bridgehead atoms. The molecule has 8 heteroatoms. The van der Waals surface area contributed by atoms with Crippen LogP contribution in [-0.2, 0) is 6.42 Å². The number of fused-ring (bicyclic) bond motifs is 1. The number of ether oxygens (including phenoxy) is 1. The molecule has 2 aliphatic rings. The van der Waals surface area contributed by atoms with Gasteiger partial charge in [-0.3, -0.25) is 14.2 Å². The van der Waals surface area contributed by atoms with E-state index in [-0.39, 0.29) is 24.4 Å². The summed E-state index contributed by atoms with van der Waals surface area (Å²) < 4.78 is 58.4. The molecule has 2 atom stereocenters. The molecule has 1 fully saturated rings. The van der Waals surface area contributed by atoms with Crippen molar-refractivity contribution in [3.8, 4) is 11.5 Å². The molecule has 0 spiro atoms. The summed E-state index contributed by atoms with van der Waals surface area (Å²) in [7, 11) is 0. The van der Waals surface area contributed by atoms with Crippen molar-refractivity contribution in [1.82, 2.24) is 9.80 Å². The molecule has 0 saturated carbocycles. The van der Waals surface area contributed by atoms with Crippen LogP contribution in [0.3, 0.4) is 0 Å². The van der Waals surface area contributed by atoms with Gasteiger partial charge < -0.3 is 9.84 Å². The fourth-order valence-electron chi connectivity index (χ4n) is 4.73. The zero-order chi connectivity index (χ0) is 22.9. The van der Waals surface area contributed by atoms with E-state index in [0.29, 0.717) is 25.3 Å². The second-order valence-electron chi connectivity index (χ2n) is 8.82. The monoisotopic (exact) mass is 452 g/mol. The molecule has 4 rings (SSSR count). The molecule has 2 heterocycles. The maximum atomic E-state index is 13.4. The third-order valence-corrected chi connectivity index (χ3v) is 6.32. The fourth-order valence-corrected chi connectivity index (χ4v) is 4.73. The Morgan fingerprint density at radius 1 is 1.09 bits per heavy atom. The highest BCUT2D eigenvalue weighted by atomic mass is 19.4. The number of hydrogen-bond acceptors (Lipinski definition) is 4. The highest BCUT2D eigenvalue weighted by Crippen LogP contribution is 2.41. The minimum Gasteiger partial charge on any atom is -0.508 e. The molecule has 2 aromatic carbocycles. The average molecular weight is 452 g/mol. The first-order valence-corrected chi connectivity index (χ1v) is 10.9. The lowest BCUT2D eigenvalue weighted by atomic mass is 9.85. The van der Waals surface area contributed by atoms with Gasteiger partial charge in [-0.15, -0.1) is 0 Å². The summed E-state index contributed by atoms with van der Waals surface area (Å²) in [5.74, 6) is 0.896. The van der Waals surface area contributed by atoms with Crippen LogP contribution in [0.1, 0.15) is 29.7 Å². The second-order valence-corrected chi connectivity index (χ2v) is 8.82. The van der Waals surface area contributed by atoms with E-state index in [0.717, 1.165) is 29.8 Å². The number of likely N-dealkylation sites (tertiary alicyclic amines) is 1. The van der Waals surface area contributed by atoms with Gasteiger partial charge in [-0.1, -0.05) is 18.2 Å². The van der Waals surface area contributed by atoms with Gasteiger partial charge in [-0.25, -0.2) is 0 Å². The van der Waals surface area contributed by atoms with Crippen LogP contribution >= 0.6 is 0 Å². The molecule has 0 aromatic heterocycles. The smallest absolute Gasteiger partial charge is 0.401 e. The molecule has 32 heavy (non-hydrogen) atoms. The van der Waals surface area contributed by atoms with Crippen molar-refractivity contribution in [3.63, 3.8) is 0 Å². The van der Waals surface area contributed by atoms with Crippen LogP contribution in [0, 0.1) is 5.92 Å². The van der Waals surface area contributed by atoms with Gasteiger partial charge in [-0.05, 0) is 54.3 Å². The second kappa shape index (κ2) is 9.27. The van der Waals surface area contributed by atoms with Crippen LogP contribution in [-0.4, -0.2) is 66.6 Å². The van der Waals surface area contributed by atoms with Crippen molar-refractivity contribution in [2.75, 3.05) is 39.5 Å². The first-order chi connectivity index (χ1) is 15.2. The number of benzene rings is 2. The molecule has 0 aliphatic carbocycles. The Morgan fingerprint density at radius 3 is 2.47 bits per heavy atom. The van der Waals surface area contributed by atoms with Crippen LogP contribution in [0.15, 0.2) is 42.5 Å². The summed E-state index contributed by atoms with van der Waals surface area (Å²) >= 11 is 0. The predicted octanol–water partition coefficient (Wildman–Crippen LogP) is 4.57. The Kier molecular flexibility index (Phi) is 6.62. The Hall–Kier alpha value is -2.32. The molecule has 4 nitrogen and oxygen atoms in total. The lowest BCUT2D eigenvalue weighted by Crippen LogP contribution is -2.49. The summed E-state index contributed by atoms with van der Waals surface area (Å²) in [5.41, 5.74) is 2.38. The number of rotatable bonds is 7. The summed E-state index contributed by atoms with van der Waals surface area (Å²) in [6.07, 6.45) is -3.88. The SMILES string of the molecule is C[C@H]1Cc2cc(O)ccc2[C@H](c2ccc(OCCN3CC(CF)C3)cc2)N1CC(F)(F)F. The third kappa shape index (κ3) is 5.18. The molecule has 1 saturated heterocycles. The molecule has 2 aliphatic heterocycles. The largest absolute Gasteiger partial charge is 0.508 e. The maximum Gasteiger partial charge on any atom is 0.401 e. The minimum absolute atomic E-state index is 0.114. The summed E-state index contributed by atoms with van der Waals surface area (Å²) in [6.45, 7) is 3.19. The maximum absolute atomic E-state index is 13.4. The van der Waals surface area contributed by atoms with Crippen molar-refractivity contribution in [3.05, 3.63) is 59.2 Å². The standard InChI is InChI=1S/C24H28F4N2O2/c1-16-10-19-11-20(31)4-7-22(19)23(30(16)15-24(26,27)28)18-2-5-21(6-3-18)32-9-8-29-13-17(12-25)14-29/h2-7,11,16-17,23,31H,8-10,12-15H2,1H3/t16-,23-/m0/s1. The third-order valence-electron chi connectivity index (χ3n) is 6.32. The summed E-state index contributed by atoms with van der Waals surface area (Å²) in [4.78, 5) is 3.60. The van der Waals surface area contributed by atoms with Crippen LogP contribution in [0.4, 0.5) is 17.6 Å². The van der Waals surface area contributed by atoms with E-state index in [1.165, 1.54) is 11.0 Å². The van der Waals surface area contributed by atoms with E-state index >= 15 is 0 Å². The summed E-state index contributed by atoms with van der Waals surface area (Å²) in [6, 6.07) is 11.1. The summed E-state index contributed by atoms with van der Waals surface area (Å²) in [5, 5.41) is 9.86. The average Bonchev–Trinajstić information content (AvgIpc) is 2.70. The van der Waals surface area contributed by atoms with Gasteiger partial charge in [-0.2, -0.15) is 13.2 Å². The highest BCUT2D eigenvalue weighted by Gasteiger charge is 2.40. The van der Waals surface area contributed by atoms with Crippen LogP contribution in [0.5, 0.6) is 11.5 Å². The molecular formula is C24H28F4N2O2. The highest BCUT2D eigenvalue weighted by molar-refractivity contribution is 5.44. The van der Waals surface area contributed by atoms with Crippen molar-refractivity contribution in [1.29, 1.82) is 0 Å². The van der Waals surface area contributed by atoms with Crippen molar-refractivity contribution in [2.45, 2.75) is 31.6 Å². The van der Waals surface area contributed by atoms with Gasteiger partial charge >= 0.3 is 6.18 Å². The molecule has 0 amide bonds. The first kappa shape index (κ1) is 22.9. The Balaban J connectivity index is 1.50. The van der Waals surface area contributed by atoms with E-state index in [4.69, 9.17) is 4.74 Å². The van der Waals surface area contributed by atoms with Gasteiger partial charge in [0.05, 0.1) is 19.3 Å².